The van der Waals surface area contributed by atoms with Gasteiger partial charge in [0.05, 0.1) is 12.5 Å². The van der Waals surface area contributed by atoms with Crippen molar-refractivity contribution < 1.29 is 29.3 Å². The van der Waals surface area contributed by atoms with Crippen molar-refractivity contribution in [1.82, 2.24) is 10.2 Å². The quantitative estimate of drug-likeness (QED) is 0.759. The Bertz CT molecular complexity index is 765. The summed E-state index contributed by atoms with van der Waals surface area (Å²) >= 11 is 0. The van der Waals surface area contributed by atoms with E-state index in [1.165, 1.54) is 0 Å². The SMILES string of the molecule is [2H]c1cc(F)c2c(c1F)C(=O)N(C1CCC(=O)NC1=O)C2=O. The van der Waals surface area contributed by atoms with Gasteiger partial charge in [0.1, 0.15) is 17.7 Å². The molecule has 1 aromatic carbocycles. The van der Waals surface area contributed by atoms with Crippen LogP contribution in [0.5, 0.6) is 0 Å². The van der Waals surface area contributed by atoms with E-state index in [4.69, 9.17) is 1.37 Å². The second-order valence-corrected chi connectivity index (χ2v) is 4.65. The number of hydrogen-bond donors (Lipinski definition) is 1. The minimum absolute atomic E-state index is 0.0987. The fourth-order valence-corrected chi connectivity index (χ4v) is 2.45. The van der Waals surface area contributed by atoms with Crippen LogP contribution in [0.25, 0.3) is 0 Å². The number of benzene rings is 1. The summed E-state index contributed by atoms with van der Waals surface area (Å²) in [5.41, 5.74) is -1.64. The van der Waals surface area contributed by atoms with Crippen molar-refractivity contribution in [2.45, 2.75) is 18.9 Å². The summed E-state index contributed by atoms with van der Waals surface area (Å²) in [5.74, 6) is -6.27. The first-order valence-electron chi connectivity index (χ1n) is 6.53. The van der Waals surface area contributed by atoms with Crippen molar-refractivity contribution in [2.24, 2.45) is 0 Å². The molecule has 1 fully saturated rings. The number of fused-ring (bicyclic) bond motifs is 1. The second kappa shape index (κ2) is 4.44. The summed E-state index contributed by atoms with van der Waals surface area (Å²) in [4.78, 5) is 47.7. The Labute approximate surface area is 118 Å². The Hall–Kier alpha value is -2.64. The summed E-state index contributed by atoms with van der Waals surface area (Å²) in [7, 11) is 0. The summed E-state index contributed by atoms with van der Waals surface area (Å²) in [6.07, 6.45) is -0.217. The van der Waals surface area contributed by atoms with Gasteiger partial charge in [-0.2, -0.15) is 0 Å². The number of piperidine rings is 1. The molecule has 1 aromatic rings. The van der Waals surface area contributed by atoms with Crippen LogP contribution in [0.4, 0.5) is 8.78 Å². The lowest BCUT2D eigenvalue weighted by molar-refractivity contribution is -0.136. The van der Waals surface area contributed by atoms with E-state index in [0.29, 0.717) is 11.0 Å². The first-order valence-corrected chi connectivity index (χ1v) is 6.03. The van der Waals surface area contributed by atoms with E-state index >= 15 is 0 Å². The van der Waals surface area contributed by atoms with Gasteiger partial charge in [-0.3, -0.25) is 29.4 Å². The standard InChI is InChI=1S/C13H8F2N2O4/c14-5-1-2-6(15)10-9(5)12(20)17(13(10)21)7-3-4-8(18)16-11(7)19/h1-2,7H,3-4H2,(H,16,18,19)/i1D. The monoisotopic (exact) mass is 295 g/mol. The van der Waals surface area contributed by atoms with E-state index < -0.39 is 58.5 Å². The number of imide groups is 2. The summed E-state index contributed by atoms with van der Waals surface area (Å²) in [6, 6.07) is -1.67. The van der Waals surface area contributed by atoms with Crippen molar-refractivity contribution in [3.8, 4) is 0 Å². The molecule has 2 aliphatic heterocycles. The number of nitrogens with zero attached hydrogens (tertiary/aromatic N) is 1. The molecule has 0 radical (unpaired) electrons. The molecule has 6 nitrogen and oxygen atoms in total. The molecular formula is C13H8F2N2O4. The smallest absolute Gasteiger partial charge is 0.265 e. The largest absolute Gasteiger partial charge is 0.295 e. The molecule has 3 rings (SSSR count). The first-order chi connectivity index (χ1) is 10.3. The summed E-state index contributed by atoms with van der Waals surface area (Å²) in [5, 5.41) is 1.97. The number of halogens is 2. The van der Waals surface area contributed by atoms with Crippen LogP contribution in [0.1, 0.15) is 34.9 Å². The molecular weight excluding hydrogens is 286 g/mol. The van der Waals surface area contributed by atoms with Gasteiger partial charge in [0.15, 0.2) is 0 Å². The molecule has 2 heterocycles. The average Bonchev–Trinajstić information content (AvgIpc) is 2.69. The van der Waals surface area contributed by atoms with Gasteiger partial charge in [-0.1, -0.05) is 0 Å². The van der Waals surface area contributed by atoms with Crippen LogP contribution >= 0.6 is 0 Å². The van der Waals surface area contributed by atoms with Crippen molar-refractivity contribution >= 4 is 23.6 Å². The van der Waals surface area contributed by atoms with Crippen LogP contribution in [-0.4, -0.2) is 34.6 Å². The minimum atomic E-state index is -1.32. The number of nitrogens with one attached hydrogen (secondary N) is 1. The third-order valence-electron chi connectivity index (χ3n) is 3.42. The number of amides is 4. The number of carbonyl (C=O) groups excluding carboxylic acids is 4. The molecule has 0 aliphatic carbocycles. The van der Waals surface area contributed by atoms with E-state index in [1.54, 1.807) is 0 Å². The Balaban J connectivity index is 2.08. The molecule has 108 valence electrons. The highest BCUT2D eigenvalue weighted by atomic mass is 19.1. The second-order valence-electron chi connectivity index (χ2n) is 4.65. The van der Waals surface area contributed by atoms with Crippen LogP contribution < -0.4 is 5.32 Å². The fraction of sp³-hybridized carbons (Fsp3) is 0.231. The molecule has 1 saturated heterocycles. The van der Waals surface area contributed by atoms with Gasteiger partial charge in [-0.05, 0) is 18.5 Å². The number of hydrogen-bond acceptors (Lipinski definition) is 4. The molecule has 4 amide bonds. The molecule has 1 N–H and O–H groups in total. The van der Waals surface area contributed by atoms with Gasteiger partial charge in [-0.25, -0.2) is 8.78 Å². The zero-order chi connectivity index (χ0) is 16.2. The van der Waals surface area contributed by atoms with Crippen molar-refractivity contribution in [2.75, 3.05) is 0 Å². The molecule has 0 spiro atoms. The third-order valence-corrected chi connectivity index (χ3v) is 3.42. The maximum absolute atomic E-state index is 13.9. The molecule has 1 atom stereocenters. The fourth-order valence-electron chi connectivity index (χ4n) is 2.45. The van der Waals surface area contributed by atoms with E-state index in [9.17, 15) is 28.0 Å². The average molecular weight is 295 g/mol. The zero-order valence-corrected chi connectivity index (χ0v) is 10.4. The molecule has 21 heavy (non-hydrogen) atoms. The van der Waals surface area contributed by atoms with E-state index in [-0.39, 0.29) is 12.8 Å². The first kappa shape index (κ1) is 12.1. The predicted molar refractivity (Wildman–Crippen MR) is 63.0 cm³/mol. The summed E-state index contributed by atoms with van der Waals surface area (Å²) in [6.45, 7) is 0. The lowest BCUT2D eigenvalue weighted by atomic mass is 10.0. The van der Waals surface area contributed by atoms with Gasteiger partial charge >= 0.3 is 0 Å². The Morgan fingerprint density at radius 3 is 2.38 bits per heavy atom. The van der Waals surface area contributed by atoms with Gasteiger partial charge in [0.2, 0.25) is 11.8 Å². The zero-order valence-electron chi connectivity index (χ0n) is 11.4. The Kier molecular flexibility index (Phi) is 2.56. The maximum atomic E-state index is 13.9. The third kappa shape index (κ3) is 1.83. The minimum Gasteiger partial charge on any atom is -0.295 e. The van der Waals surface area contributed by atoms with Gasteiger partial charge in [0, 0.05) is 6.42 Å². The molecule has 0 bridgehead atoms. The molecule has 0 aromatic heterocycles. The normalized spacial score (nSPS) is 22.3. The van der Waals surface area contributed by atoms with E-state index in [1.807, 2.05) is 5.32 Å². The lowest BCUT2D eigenvalue weighted by Crippen LogP contribution is -2.54. The number of carbonyl (C=O) groups is 4. The van der Waals surface area contributed by atoms with Crippen LogP contribution in [0.3, 0.4) is 0 Å². The van der Waals surface area contributed by atoms with E-state index in [2.05, 4.69) is 0 Å². The lowest BCUT2D eigenvalue weighted by Gasteiger charge is -2.27. The van der Waals surface area contributed by atoms with Crippen LogP contribution in [0.2, 0.25) is 0 Å². The predicted octanol–water partition coefficient (Wildman–Crippen LogP) is 0.366. The van der Waals surface area contributed by atoms with Gasteiger partial charge in [-0.15, -0.1) is 0 Å². The van der Waals surface area contributed by atoms with Crippen molar-refractivity contribution in [1.29, 1.82) is 0 Å². The van der Waals surface area contributed by atoms with Gasteiger partial charge in [0.25, 0.3) is 11.8 Å². The van der Waals surface area contributed by atoms with Crippen LogP contribution in [0.15, 0.2) is 12.1 Å². The van der Waals surface area contributed by atoms with Crippen LogP contribution in [0, 0.1) is 11.6 Å². The highest BCUT2D eigenvalue weighted by molar-refractivity contribution is 6.23. The topological polar surface area (TPSA) is 83.6 Å². The Morgan fingerprint density at radius 2 is 1.76 bits per heavy atom. The highest BCUT2D eigenvalue weighted by Gasteiger charge is 2.47. The molecule has 0 saturated carbocycles. The van der Waals surface area contributed by atoms with Crippen LogP contribution in [-0.2, 0) is 9.59 Å². The van der Waals surface area contributed by atoms with Gasteiger partial charge < -0.3 is 0 Å². The molecule has 1 unspecified atom stereocenters. The van der Waals surface area contributed by atoms with Crippen molar-refractivity contribution in [3.05, 3.63) is 34.9 Å². The molecule has 2 aliphatic rings. The molecule has 8 heteroatoms. The summed E-state index contributed by atoms with van der Waals surface area (Å²) < 4.78 is 35.0. The maximum Gasteiger partial charge on any atom is 0.265 e. The number of rotatable bonds is 1. The van der Waals surface area contributed by atoms with E-state index in [0.717, 1.165) is 0 Å². The van der Waals surface area contributed by atoms with Crippen molar-refractivity contribution in [3.63, 3.8) is 0 Å². The highest BCUT2D eigenvalue weighted by Crippen LogP contribution is 2.30. The Morgan fingerprint density at radius 1 is 1.14 bits per heavy atom.